The summed E-state index contributed by atoms with van der Waals surface area (Å²) in [5.74, 6) is 0. The van der Waals surface area contributed by atoms with Crippen LogP contribution < -0.4 is 5.56 Å². The Morgan fingerprint density at radius 3 is 2.56 bits per heavy atom. The fraction of sp³-hybridized carbons (Fsp3) is 0.333. The van der Waals surface area contributed by atoms with E-state index < -0.39 is 0 Å². The molecule has 27 heavy (non-hydrogen) atoms. The van der Waals surface area contributed by atoms with Crippen LogP contribution in [0.5, 0.6) is 0 Å². The molecule has 1 N–H and O–H groups in total. The van der Waals surface area contributed by atoms with Crippen LogP contribution in [-0.2, 0) is 4.74 Å². The Hall–Kier alpha value is -2.28. The summed E-state index contributed by atoms with van der Waals surface area (Å²) in [6, 6.07) is 15.7. The maximum Gasteiger partial charge on any atom is 0.262 e. The highest BCUT2D eigenvalue weighted by Gasteiger charge is 2.22. The number of rotatable bonds is 4. The Bertz CT molecular complexity index is 1050. The van der Waals surface area contributed by atoms with Crippen molar-refractivity contribution in [3.05, 3.63) is 74.8 Å². The normalized spacial score (nSPS) is 16.5. The van der Waals surface area contributed by atoms with E-state index in [9.17, 15) is 4.79 Å². The lowest BCUT2D eigenvalue weighted by molar-refractivity contribution is 0.0334. The molecule has 2 aromatic carbocycles. The number of para-hydroxylation sites is 1. The predicted octanol–water partition coefficient (Wildman–Crippen LogP) is 3.29. The van der Waals surface area contributed by atoms with E-state index in [-0.39, 0.29) is 11.6 Å². The molecular weight excluding hydrogens is 358 g/mol. The third-order valence-electron chi connectivity index (χ3n) is 5.15. The van der Waals surface area contributed by atoms with Gasteiger partial charge in [-0.25, -0.2) is 0 Å². The Balaban J connectivity index is 1.85. The summed E-state index contributed by atoms with van der Waals surface area (Å²) in [5, 5.41) is 0.658. The van der Waals surface area contributed by atoms with Crippen molar-refractivity contribution in [2.24, 2.45) is 0 Å². The van der Waals surface area contributed by atoms with Crippen molar-refractivity contribution in [3.8, 4) is 0 Å². The molecule has 2 heterocycles. The maximum absolute atomic E-state index is 13.3. The summed E-state index contributed by atoms with van der Waals surface area (Å²) in [7, 11) is 0. The summed E-state index contributed by atoms with van der Waals surface area (Å²) in [6.45, 7) is 5.96. The van der Waals surface area contributed by atoms with Crippen molar-refractivity contribution in [3.63, 3.8) is 0 Å². The monoisotopic (exact) mass is 381 g/mol. The topological polar surface area (TPSA) is 50.3 Å². The average molecular weight is 382 g/mol. The first-order valence-corrected chi connectivity index (χ1v) is 9.64. The molecule has 1 aliphatic rings. The minimum atomic E-state index is -0.149. The van der Waals surface area contributed by atoms with Gasteiger partial charge in [-0.3, -0.25) is 14.3 Å². The minimum absolute atomic E-state index is 0.0480. The number of hydrogen-bond donors (Lipinski definition) is 1. The molecule has 4 rings (SSSR count). The standard InChI is InChI=1S/C21H23N3O2S/c1-15-6-8-16(9-7-15)19(14-23-10-12-26-13-11-23)24-20(25)17-4-2-3-5-18(17)22-21(24)27/h2-9,19H,10-14H2,1H3,(H,22,27)/t19-/m1/s1. The van der Waals surface area contributed by atoms with E-state index in [4.69, 9.17) is 17.0 Å². The Morgan fingerprint density at radius 1 is 1.11 bits per heavy atom. The zero-order valence-electron chi connectivity index (χ0n) is 15.4. The molecular formula is C21H23N3O2S. The fourth-order valence-corrected chi connectivity index (χ4v) is 3.93. The van der Waals surface area contributed by atoms with Gasteiger partial charge in [0.2, 0.25) is 0 Å². The van der Waals surface area contributed by atoms with Crippen molar-refractivity contribution in [2.45, 2.75) is 13.0 Å². The van der Waals surface area contributed by atoms with E-state index in [1.54, 1.807) is 4.57 Å². The quantitative estimate of drug-likeness (QED) is 0.705. The summed E-state index contributed by atoms with van der Waals surface area (Å²) in [5.41, 5.74) is 3.01. The van der Waals surface area contributed by atoms with Gasteiger partial charge in [0.25, 0.3) is 5.56 Å². The van der Waals surface area contributed by atoms with E-state index in [1.165, 1.54) is 5.56 Å². The van der Waals surface area contributed by atoms with Gasteiger partial charge in [0.1, 0.15) is 0 Å². The molecule has 0 amide bonds. The highest BCUT2D eigenvalue weighted by atomic mass is 32.1. The first-order valence-electron chi connectivity index (χ1n) is 9.24. The lowest BCUT2D eigenvalue weighted by atomic mass is 10.0. The molecule has 1 saturated heterocycles. The minimum Gasteiger partial charge on any atom is -0.379 e. The third-order valence-corrected chi connectivity index (χ3v) is 5.44. The molecule has 1 aromatic heterocycles. The molecule has 1 atom stereocenters. The van der Waals surface area contributed by atoms with Crippen LogP contribution in [-0.4, -0.2) is 47.3 Å². The van der Waals surface area contributed by atoms with E-state index in [0.717, 1.165) is 43.9 Å². The number of ether oxygens (including phenoxy) is 1. The van der Waals surface area contributed by atoms with Crippen LogP contribution in [0.4, 0.5) is 0 Å². The zero-order chi connectivity index (χ0) is 18.8. The van der Waals surface area contributed by atoms with Crippen molar-refractivity contribution < 1.29 is 4.74 Å². The van der Waals surface area contributed by atoms with Crippen LogP contribution in [0.3, 0.4) is 0 Å². The molecule has 1 aliphatic heterocycles. The van der Waals surface area contributed by atoms with Crippen LogP contribution in [0.2, 0.25) is 0 Å². The second kappa shape index (κ2) is 7.76. The second-order valence-electron chi connectivity index (χ2n) is 6.99. The average Bonchev–Trinajstić information content (AvgIpc) is 2.69. The maximum atomic E-state index is 13.3. The van der Waals surface area contributed by atoms with Gasteiger partial charge in [-0.2, -0.15) is 0 Å². The van der Waals surface area contributed by atoms with E-state index in [2.05, 4.69) is 41.1 Å². The molecule has 0 bridgehead atoms. The van der Waals surface area contributed by atoms with Crippen LogP contribution in [0.25, 0.3) is 10.9 Å². The van der Waals surface area contributed by atoms with Gasteiger partial charge < -0.3 is 9.72 Å². The summed E-state index contributed by atoms with van der Waals surface area (Å²) < 4.78 is 7.67. The number of aromatic amines is 1. The van der Waals surface area contributed by atoms with Gasteiger partial charge in [0.15, 0.2) is 4.77 Å². The van der Waals surface area contributed by atoms with Gasteiger partial charge in [0, 0.05) is 19.6 Å². The highest BCUT2D eigenvalue weighted by molar-refractivity contribution is 7.71. The van der Waals surface area contributed by atoms with Crippen molar-refractivity contribution >= 4 is 23.1 Å². The van der Waals surface area contributed by atoms with Crippen LogP contribution in [0, 0.1) is 11.7 Å². The van der Waals surface area contributed by atoms with Gasteiger partial charge in [-0.05, 0) is 36.8 Å². The van der Waals surface area contributed by atoms with Gasteiger partial charge in [-0.15, -0.1) is 0 Å². The van der Waals surface area contributed by atoms with Gasteiger partial charge in [0.05, 0.1) is 30.2 Å². The molecule has 0 unspecified atom stereocenters. The smallest absolute Gasteiger partial charge is 0.262 e. The van der Waals surface area contributed by atoms with Gasteiger partial charge in [-0.1, -0.05) is 42.0 Å². The number of aryl methyl sites for hydroxylation is 1. The molecule has 0 saturated carbocycles. The Morgan fingerprint density at radius 2 is 1.81 bits per heavy atom. The molecule has 6 heteroatoms. The molecule has 5 nitrogen and oxygen atoms in total. The summed E-state index contributed by atoms with van der Waals surface area (Å²) in [6.07, 6.45) is 0. The predicted molar refractivity (Wildman–Crippen MR) is 110 cm³/mol. The Labute approximate surface area is 163 Å². The largest absolute Gasteiger partial charge is 0.379 e. The molecule has 0 radical (unpaired) electrons. The van der Waals surface area contributed by atoms with Gasteiger partial charge >= 0.3 is 0 Å². The number of hydrogen-bond acceptors (Lipinski definition) is 4. The van der Waals surface area contributed by atoms with Crippen LogP contribution >= 0.6 is 12.2 Å². The number of benzene rings is 2. The van der Waals surface area contributed by atoms with E-state index in [0.29, 0.717) is 10.2 Å². The lowest BCUT2D eigenvalue weighted by Crippen LogP contribution is -2.42. The third kappa shape index (κ3) is 3.74. The van der Waals surface area contributed by atoms with Crippen molar-refractivity contribution in [1.29, 1.82) is 0 Å². The summed E-state index contributed by atoms with van der Waals surface area (Å²) in [4.78, 5) is 18.9. The van der Waals surface area contributed by atoms with Crippen molar-refractivity contribution in [2.75, 3.05) is 32.8 Å². The molecule has 140 valence electrons. The second-order valence-corrected chi connectivity index (χ2v) is 7.38. The first kappa shape index (κ1) is 18.1. The highest BCUT2D eigenvalue weighted by Crippen LogP contribution is 2.21. The summed E-state index contributed by atoms with van der Waals surface area (Å²) >= 11 is 5.60. The van der Waals surface area contributed by atoms with E-state index in [1.807, 2.05) is 24.3 Å². The number of aromatic nitrogens is 2. The van der Waals surface area contributed by atoms with Crippen LogP contribution in [0.1, 0.15) is 17.2 Å². The number of morpholine rings is 1. The molecule has 1 fully saturated rings. The first-order chi connectivity index (χ1) is 13.1. The number of H-pyrrole nitrogens is 1. The molecule has 3 aromatic rings. The number of nitrogens with one attached hydrogen (secondary N) is 1. The van der Waals surface area contributed by atoms with Crippen molar-refractivity contribution in [1.82, 2.24) is 14.5 Å². The number of fused-ring (bicyclic) bond motifs is 1. The zero-order valence-corrected chi connectivity index (χ0v) is 16.2. The number of nitrogens with zero attached hydrogens (tertiary/aromatic N) is 2. The molecule has 0 aliphatic carbocycles. The fourth-order valence-electron chi connectivity index (χ4n) is 3.61. The van der Waals surface area contributed by atoms with Crippen LogP contribution in [0.15, 0.2) is 53.3 Å². The van der Waals surface area contributed by atoms with E-state index >= 15 is 0 Å². The molecule has 0 spiro atoms. The SMILES string of the molecule is Cc1ccc([C@@H](CN2CCOCC2)n2c(=S)[nH]c3ccccc3c2=O)cc1. The Kier molecular flexibility index (Phi) is 5.20. The lowest BCUT2D eigenvalue weighted by Gasteiger charge is -2.31.